The predicted molar refractivity (Wildman–Crippen MR) is 109 cm³/mol. The van der Waals surface area contributed by atoms with Gasteiger partial charge in [-0.15, -0.1) is 0 Å². The maximum absolute atomic E-state index is 12.8. The summed E-state index contributed by atoms with van der Waals surface area (Å²) < 4.78 is 2.50. The van der Waals surface area contributed by atoms with Crippen molar-refractivity contribution in [2.24, 2.45) is 5.92 Å². The first-order chi connectivity index (χ1) is 12.4. The van der Waals surface area contributed by atoms with Crippen molar-refractivity contribution in [3.63, 3.8) is 0 Å². The number of benzene rings is 1. The molecule has 0 spiro atoms. The SMILES string of the molecule is CC(C)Cc1cc(C(=O)Nc2ncc(Cl)s2)n(Cc2ccc(Cl)cc2)c1. The molecular formula is C19H19Cl2N3OS. The van der Waals surface area contributed by atoms with Gasteiger partial charge in [-0.1, -0.05) is 60.5 Å². The van der Waals surface area contributed by atoms with Crippen LogP contribution in [0.3, 0.4) is 0 Å². The van der Waals surface area contributed by atoms with Gasteiger partial charge in [0.25, 0.3) is 5.91 Å². The molecule has 0 atom stereocenters. The highest BCUT2D eigenvalue weighted by Crippen LogP contribution is 2.24. The van der Waals surface area contributed by atoms with Crippen molar-refractivity contribution in [1.29, 1.82) is 0 Å². The van der Waals surface area contributed by atoms with Crippen LogP contribution >= 0.6 is 34.5 Å². The molecule has 0 saturated heterocycles. The molecule has 1 aromatic carbocycles. The van der Waals surface area contributed by atoms with Gasteiger partial charge in [-0.05, 0) is 41.7 Å². The minimum Gasteiger partial charge on any atom is -0.339 e. The highest BCUT2D eigenvalue weighted by Gasteiger charge is 2.16. The Bertz CT molecular complexity index is 900. The highest BCUT2D eigenvalue weighted by molar-refractivity contribution is 7.19. The van der Waals surface area contributed by atoms with E-state index in [-0.39, 0.29) is 5.91 Å². The van der Waals surface area contributed by atoms with Crippen LogP contribution in [0.15, 0.2) is 42.7 Å². The Morgan fingerprint density at radius 3 is 2.58 bits per heavy atom. The lowest BCUT2D eigenvalue weighted by Gasteiger charge is -2.09. The number of nitrogens with one attached hydrogen (secondary N) is 1. The summed E-state index contributed by atoms with van der Waals surface area (Å²) in [5, 5.41) is 4.01. The summed E-state index contributed by atoms with van der Waals surface area (Å²) in [5.74, 6) is 0.315. The smallest absolute Gasteiger partial charge is 0.274 e. The zero-order valence-electron chi connectivity index (χ0n) is 14.5. The van der Waals surface area contributed by atoms with E-state index in [1.807, 2.05) is 41.1 Å². The summed E-state index contributed by atoms with van der Waals surface area (Å²) in [6, 6.07) is 9.58. The molecule has 0 bridgehead atoms. The van der Waals surface area contributed by atoms with Gasteiger partial charge in [-0.3, -0.25) is 10.1 Å². The van der Waals surface area contributed by atoms with Crippen molar-refractivity contribution >= 4 is 45.6 Å². The van der Waals surface area contributed by atoms with E-state index in [2.05, 4.69) is 24.1 Å². The van der Waals surface area contributed by atoms with Gasteiger partial charge in [0.1, 0.15) is 10.0 Å². The van der Waals surface area contributed by atoms with E-state index in [1.165, 1.54) is 17.5 Å². The number of amides is 1. The summed E-state index contributed by atoms with van der Waals surface area (Å²) in [7, 11) is 0. The van der Waals surface area contributed by atoms with Crippen LogP contribution in [0.25, 0.3) is 0 Å². The van der Waals surface area contributed by atoms with Crippen LogP contribution in [0.4, 0.5) is 5.13 Å². The van der Waals surface area contributed by atoms with Crippen molar-refractivity contribution in [3.05, 3.63) is 68.9 Å². The standard InChI is InChI=1S/C19H19Cl2N3OS/c1-12(2)7-14-8-16(18(25)23-19-22-9-17(21)26-19)24(11-14)10-13-3-5-15(20)6-4-13/h3-6,8-9,11-12H,7,10H2,1-2H3,(H,22,23,25). The topological polar surface area (TPSA) is 46.9 Å². The van der Waals surface area contributed by atoms with Crippen molar-refractivity contribution in [2.45, 2.75) is 26.8 Å². The molecule has 136 valence electrons. The van der Waals surface area contributed by atoms with Gasteiger partial charge in [0.2, 0.25) is 0 Å². The molecule has 0 saturated carbocycles. The number of nitrogens with zero attached hydrogens (tertiary/aromatic N) is 2. The van der Waals surface area contributed by atoms with Crippen molar-refractivity contribution in [1.82, 2.24) is 9.55 Å². The number of hydrogen-bond acceptors (Lipinski definition) is 3. The average molecular weight is 408 g/mol. The molecule has 0 aliphatic heterocycles. The number of halogens is 2. The zero-order valence-corrected chi connectivity index (χ0v) is 16.8. The molecule has 1 N–H and O–H groups in total. The summed E-state index contributed by atoms with van der Waals surface area (Å²) in [5.41, 5.74) is 2.81. The zero-order chi connectivity index (χ0) is 18.7. The maximum Gasteiger partial charge on any atom is 0.274 e. The molecule has 0 fully saturated rings. The summed E-state index contributed by atoms with van der Waals surface area (Å²) in [4.78, 5) is 16.8. The van der Waals surface area contributed by atoms with E-state index in [4.69, 9.17) is 23.2 Å². The van der Waals surface area contributed by atoms with Crippen LogP contribution < -0.4 is 5.32 Å². The lowest BCUT2D eigenvalue weighted by Crippen LogP contribution is -2.17. The highest BCUT2D eigenvalue weighted by atomic mass is 35.5. The Labute approximate surface area is 166 Å². The fraction of sp³-hybridized carbons (Fsp3) is 0.263. The Balaban J connectivity index is 1.87. The second kappa shape index (κ2) is 8.25. The van der Waals surface area contributed by atoms with Crippen LogP contribution in [0.2, 0.25) is 9.36 Å². The summed E-state index contributed by atoms with van der Waals surface area (Å²) in [6.07, 6.45) is 4.48. The molecule has 0 unspecified atom stereocenters. The molecule has 0 radical (unpaired) electrons. The number of hydrogen-bond donors (Lipinski definition) is 1. The Hall–Kier alpha value is -1.82. The molecule has 4 nitrogen and oxygen atoms in total. The summed E-state index contributed by atoms with van der Waals surface area (Å²) in [6.45, 7) is 4.92. The van der Waals surface area contributed by atoms with Gasteiger partial charge >= 0.3 is 0 Å². The second-order valence-electron chi connectivity index (χ2n) is 6.51. The molecule has 3 aromatic rings. The second-order valence-corrected chi connectivity index (χ2v) is 8.61. The number of rotatable bonds is 6. The van der Waals surface area contributed by atoms with Gasteiger partial charge in [0.05, 0.1) is 6.20 Å². The van der Waals surface area contributed by atoms with Crippen LogP contribution in [0, 0.1) is 5.92 Å². The third kappa shape index (κ3) is 4.87. The van der Waals surface area contributed by atoms with Crippen molar-refractivity contribution in [3.8, 4) is 0 Å². The third-order valence-electron chi connectivity index (χ3n) is 3.79. The van der Waals surface area contributed by atoms with E-state index in [9.17, 15) is 4.79 Å². The summed E-state index contributed by atoms with van der Waals surface area (Å²) >= 11 is 13.1. The van der Waals surface area contributed by atoms with Gasteiger partial charge in [0.15, 0.2) is 5.13 Å². The van der Waals surface area contributed by atoms with Gasteiger partial charge < -0.3 is 4.57 Å². The first-order valence-corrected chi connectivity index (χ1v) is 9.84. The molecule has 0 aliphatic rings. The van der Waals surface area contributed by atoms with Crippen LogP contribution in [-0.4, -0.2) is 15.5 Å². The third-order valence-corrected chi connectivity index (χ3v) is 5.08. The molecule has 7 heteroatoms. The Kier molecular flexibility index (Phi) is 6.01. The molecule has 2 aromatic heterocycles. The Morgan fingerprint density at radius 2 is 1.96 bits per heavy atom. The normalized spacial score (nSPS) is 11.1. The first kappa shape index (κ1) is 19.0. The van der Waals surface area contributed by atoms with E-state index < -0.39 is 0 Å². The lowest BCUT2D eigenvalue weighted by atomic mass is 10.1. The van der Waals surface area contributed by atoms with Gasteiger partial charge in [0, 0.05) is 17.8 Å². The minimum atomic E-state index is -0.194. The van der Waals surface area contributed by atoms with Crippen LogP contribution in [0.1, 0.15) is 35.5 Å². The van der Waals surface area contributed by atoms with E-state index >= 15 is 0 Å². The number of carbonyl (C=O) groups is 1. The first-order valence-electron chi connectivity index (χ1n) is 8.27. The average Bonchev–Trinajstić information content (AvgIpc) is 3.15. The number of thiazole rings is 1. The monoisotopic (exact) mass is 407 g/mol. The van der Waals surface area contributed by atoms with Crippen LogP contribution in [-0.2, 0) is 13.0 Å². The fourth-order valence-electron chi connectivity index (χ4n) is 2.74. The Morgan fingerprint density at radius 1 is 1.23 bits per heavy atom. The number of aromatic nitrogens is 2. The van der Waals surface area contributed by atoms with Gasteiger partial charge in [-0.25, -0.2) is 4.98 Å². The molecule has 3 rings (SSSR count). The lowest BCUT2D eigenvalue weighted by molar-refractivity contribution is 0.101. The maximum atomic E-state index is 12.8. The molecule has 26 heavy (non-hydrogen) atoms. The van der Waals surface area contributed by atoms with E-state index in [0.717, 1.165) is 17.5 Å². The predicted octanol–water partition coefficient (Wildman–Crippen LogP) is 5.75. The number of anilines is 1. The quantitative estimate of drug-likeness (QED) is 0.565. The van der Waals surface area contributed by atoms with E-state index in [0.29, 0.717) is 32.6 Å². The molecule has 0 aliphatic carbocycles. The van der Waals surface area contributed by atoms with Crippen molar-refractivity contribution < 1.29 is 4.79 Å². The molecule has 2 heterocycles. The van der Waals surface area contributed by atoms with Crippen LogP contribution in [0.5, 0.6) is 0 Å². The largest absolute Gasteiger partial charge is 0.339 e. The molecule has 1 amide bonds. The van der Waals surface area contributed by atoms with Crippen molar-refractivity contribution in [2.75, 3.05) is 5.32 Å². The minimum absolute atomic E-state index is 0.194. The van der Waals surface area contributed by atoms with Gasteiger partial charge in [-0.2, -0.15) is 0 Å². The number of carbonyl (C=O) groups excluding carboxylic acids is 1. The van der Waals surface area contributed by atoms with E-state index in [1.54, 1.807) is 0 Å². The molecular weight excluding hydrogens is 389 g/mol. The fourth-order valence-corrected chi connectivity index (χ4v) is 3.67.